The normalized spacial score (nSPS) is 14.1. The van der Waals surface area contributed by atoms with Crippen LogP contribution in [-0.4, -0.2) is 14.9 Å². The summed E-state index contributed by atoms with van der Waals surface area (Å²) in [5.74, 6) is 2.07. The van der Waals surface area contributed by atoms with Gasteiger partial charge in [-0.25, -0.2) is 0 Å². The van der Waals surface area contributed by atoms with Gasteiger partial charge < -0.3 is 10.3 Å². The van der Waals surface area contributed by atoms with E-state index in [2.05, 4.69) is 37.8 Å². The van der Waals surface area contributed by atoms with Gasteiger partial charge >= 0.3 is 0 Å². The van der Waals surface area contributed by atoms with Crippen LogP contribution in [-0.2, 0) is 5.75 Å². The number of nitrogens with zero attached hydrogens (tertiary/aromatic N) is 2. The second-order valence-corrected chi connectivity index (χ2v) is 6.65. The summed E-state index contributed by atoms with van der Waals surface area (Å²) in [7, 11) is 0. The summed E-state index contributed by atoms with van der Waals surface area (Å²) in [6.07, 6.45) is 1.91. The summed E-state index contributed by atoms with van der Waals surface area (Å²) < 4.78 is 5.36. The summed E-state index contributed by atoms with van der Waals surface area (Å²) in [4.78, 5) is 4.31. The van der Waals surface area contributed by atoms with Gasteiger partial charge in [0.1, 0.15) is 0 Å². The molecule has 1 aromatic heterocycles. The number of rotatable bonds is 5. The van der Waals surface area contributed by atoms with Crippen LogP contribution in [0.2, 0.25) is 0 Å². The Balaban J connectivity index is 2.51. The molecule has 0 aliphatic rings. The van der Waals surface area contributed by atoms with E-state index in [4.69, 9.17) is 10.3 Å². The largest absolute Gasteiger partial charge is 0.338 e. The van der Waals surface area contributed by atoms with Crippen molar-refractivity contribution in [1.82, 2.24) is 10.1 Å². The number of thioether (sulfide) groups is 1. The van der Waals surface area contributed by atoms with E-state index in [1.54, 1.807) is 11.8 Å². The monoisotopic (exact) mass is 243 g/mol. The lowest BCUT2D eigenvalue weighted by Gasteiger charge is -2.15. The van der Waals surface area contributed by atoms with Crippen LogP contribution in [0, 0.1) is 0 Å². The number of hydrogen-bond acceptors (Lipinski definition) is 5. The first-order valence-electron chi connectivity index (χ1n) is 5.64. The Labute approximate surface area is 101 Å². The summed E-state index contributed by atoms with van der Waals surface area (Å²) in [5, 5.41) is 3.94. The third-order valence-corrected chi connectivity index (χ3v) is 3.30. The molecule has 0 aliphatic carbocycles. The number of nitrogens with two attached hydrogens (primary N) is 1. The summed E-state index contributed by atoms with van der Waals surface area (Å²) in [5.41, 5.74) is 5.90. The Kier molecular flexibility index (Phi) is 4.80. The number of aromatic nitrogens is 2. The van der Waals surface area contributed by atoms with Gasteiger partial charge in [-0.05, 0) is 6.42 Å². The molecular formula is C11H21N3OS. The Hall–Kier alpha value is -0.550. The van der Waals surface area contributed by atoms with E-state index in [1.165, 1.54) is 0 Å². The van der Waals surface area contributed by atoms with Crippen LogP contribution in [0.1, 0.15) is 58.3 Å². The lowest BCUT2D eigenvalue weighted by molar-refractivity contribution is 0.345. The fraction of sp³-hybridized carbons (Fsp3) is 0.818. The van der Waals surface area contributed by atoms with Crippen LogP contribution in [0.15, 0.2) is 4.52 Å². The van der Waals surface area contributed by atoms with Gasteiger partial charge in [0.15, 0.2) is 5.82 Å². The number of hydrogen-bond donors (Lipinski definition) is 1. The average Bonchev–Trinajstić information content (AvgIpc) is 2.62. The van der Waals surface area contributed by atoms with Crippen molar-refractivity contribution in [2.75, 3.05) is 0 Å². The standard InChI is InChI=1S/C11H21N3OS/c1-5-6-8(12)10-13-9(14-15-10)7-16-11(2,3)4/h8H,5-7,12H2,1-4H3/t8-/m1/s1. The van der Waals surface area contributed by atoms with Crippen molar-refractivity contribution >= 4 is 11.8 Å². The van der Waals surface area contributed by atoms with Gasteiger partial charge in [0.25, 0.3) is 0 Å². The van der Waals surface area contributed by atoms with Gasteiger partial charge in [0.05, 0.1) is 11.8 Å². The molecule has 0 fully saturated rings. The second-order valence-electron chi connectivity index (χ2n) is 4.85. The Morgan fingerprint density at radius 1 is 1.44 bits per heavy atom. The molecule has 0 saturated heterocycles. The molecule has 0 unspecified atom stereocenters. The van der Waals surface area contributed by atoms with Gasteiger partial charge in [0, 0.05) is 4.75 Å². The molecule has 92 valence electrons. The third kappa shape index (κ3) is 4.53. The molecule has 1 heterocycles. The predicted octanol–water partition coefficient (Wildman–Crippen LogP) is 2.90. The molecule has 5 heteroatoms. The molecule has 0 saturated carbocycles. The Morgan fingerprint density at radius 2 is 2.12 bits per heavy atom. The van der Waals surface area contributed by atoms with Crippen LogP contribution >= 0.6 is 11.8 Å². The fourth-order valence-electron chi connectivity index (χ4n) is 1.19. The highest BCUT2D eigenvalue weighted by Gasteiger charge is 2.16. The third-order valence-electron chi connectivity index (χ3n) is 2.03. The van der Waals surface area contributed by atoms with Crippen molar-refractivity contribution in [3.8, 4) is 0 Å². The maximum Gasteiger partial charge on any atom is 0.243 e. The molecule has 0 bridgehead atoms. The van der Waals surface area contributed by atoms with E-state index in [9.17, 15) is 0 Å². The minimum Gasteiger partial charge on any atom is -0.338 e. The van der Waals surface area contributed by atoms with E-state index < -0.39 is 0 Å². The van der Waals surface area contributed by atoms with Gasteiger partial charge in [-0.3, -0.25) is 0 Å². The predicted molar refractivity (Wildman–Crippen MR) is 67.2 cm³/mol. The molecule has 16 heavy (non-hydrogen) atoms. The molecule has 2 N–H and O–H groups in total. The van der Waals surface area contributed by atoms with Crippen molar-refractivity contribution in [2.45, 2.75) is 57.1 Å². The molecule has 0 spiro atoms. The average molecular weight is 243 g/mol. The molecular weight excluding hydrogens is 222 g/mol. The van der Waals surface area contributed by atoms with Crippen molar-refractivity contribution in [3.63, 3.8) is 0 Å². The molecule has 0 aromatic carbocycles. The Morgan fingerprint density at radius 3 is 2.69 bits per heavy atom. The summed E-state index contributed by atoms with van der Waals surface area (Å²) in [6.45, 7) is 8.59. The van der Waals surface area contributed by atoms with Gasteiger partial charge in [-0.2, -0.15) is 4.98 Å². The minimum absolute atomic E-state index is 0.120. The van der Waals surface area contributed by atoms with Crippen LogP contribution in [0.4, 0.5) is 0 Å². The highest BCUT2D eigenvalue weighted by atomic mass is 32.2. The minimum atomic E-state index is -0.120. The quantitative estimate of drug-likeness (QED) is 0.861. The van der Waals surface area contributed by atoms with E-state index in [-0.39, 0.29) is 10.8 Å². The molecule has 1 rings (SSSR count). The summed E-state index contributed by atoms with van der Waals surface area (Å²) >= 11 is 1.80. The molecule has 0 radical (unpaired) electrons. The molecule has 1 aromatic rings. The SMILES string of the molecule is CCC[C@@H](N)c1nc(CSC(C)(C)C)no1. The zero-order chi connectivity index (χ0) is 12.2. The zero-order valence-electron chi connectivity index (χ0n) is 10.5. The van der Waals surface area contributed by atoms with E-state index >= 15 is 0 Å². The summed E-state index contributed by atoms with van der Waals surface area (Å²) in [6, 6.07) is -0.120. The lowest BCUT2D eigenvalue weighted by Crippen LogP contribution is -2.10. The van der Waals surface area contributed by atoms with Crippen LogP contribution in [0.25, 0.3) is 0 Å². The maximum absolute atomic E-state index is 5.90. The molecule has 4 nitrogen and oxygen atoms in total. The van der Waals surface area contributed by atoms with E-state index in [1.807, 2.05) is 0 Å². The second kappa shape index (κ2) is 5.68. The molecule has 0 amide bonds. The Bertz CT molecular complexity index is 319. The first kappa shape index (κ1) is 13.5. The van der Waals surface area contributed by atoms with Crippen LogP contribution < -0.4 is 5.73 Å². The highest BCUT2D eigenvalue weighted by molar-refractivity contribution is 7.99. The van der Waals surface area contributed by atoms with Gasteiger partial charge in [-0.15, -0.1) is 11.8 Å². The topological polar surface area (TPSA) is 64.9 Å². The lowest BCUT2D eigenvalue weighted by atomic mass is 10.2. The van der Waals surface area contributed by atoms with E-state index in [0.29, 0.717) is 5.89 Å². The molecule has 1 atom stereocenters. The van der Waals surface area contributed by atoms with E-state index in [0.717, 1.165) is 24.4 Å². The highest BCUT2D eigenvalue weighted by Crippen LogP contribution is 2.26. The van der Waals surface area contributed by atoms with Gasteiger partial charge in [0.2, 0.25) is 5.89 Å². The fourth-order valence-corrected chi connectivity index (χ4v) is 1.87. The maximum atomic E-state index is 5.90. The smallest absolute Gasteiger partial charge is 0.243 e. The first-order chi connectivity index (χ1) is 7.42. The van der Waals surface area contributed by atoms with Crippen molar-refractivity contribution in [1.29, 1.82) is 0 Å². The van der Waals surface area contributed by atoms with Crippen LogP contribution in [0.3, 0.4) is 0 Å². The van der Waals surface area contributed by atoms with Crippen molar-refractivity contribution in [3.05, 3.63) is 11.7 Å². The zero-order valence-corrected chi connectivity index (χ0v) is 11.3. The van der Waals surface area contributed by atoms with Crippen LogP contribution in [0.5, 0.6) is 0 Å². The molecule has 0 aliphatic heterocycles. The van der Waals surface area contributed by atoms with Crippen molar-refractivity contribution < 1.29 is 4.52 Å². The van der Waals surface area contributed by atoms with Crippen molar-refractivity contribution in [2.24, 2.45) is 5.73 Å². The van der Waals surface area contributed by atoms with Gasteiger partial charge in [-0.1, -0.05) is 39.3 Å². The first-order valence-corrected chi connectivity index (χ1v) is 6.63.